The third-order valence-corrected chi connectivity index (χ3v) is 6.60. The Bertz CT molecular complexity index is 1250. The molecule has 0 unspecified atom stereocenters. The SMILES string of the molecule is COc1ccc(CC(=O)c2ccc(-c3ccc4c(c3)CCO4)cc2)cc1NC(=O)CN1CCOCC1. The Hall–Kier alpha value is -3.68. The number of Topliss-reactive ketones (excluding diaryl/α,β-unsaturated/α-hetero) is 1. The lowest BCUT2D eigenvalue weighted by atomic mass is 9.98. The van der Waals surface area contributed by atoms with E-state index in [-0.39, 0.29) is 18.1 Å². The number of anilines is 1. The van der Waals surface area contributed by atoms with E-state index >= 15 is 0 Å². The fourth-order valence-corrected chi connectivity index (χ4v) is 4.62. The second-order valence-corrected chi connectivity index (χ2v) is 9.07. The van der Waals surface area contributed by atoms with Crippen molar-refractivity contribution in [3.05, 3.63) is 77.4 Å². The number of nitrogens with zero attached hydrogens (tertiary/aromatic N) is 1. The minimum absolute atomic E-state index is 0.0136. The van der Waals surface area contributed by atoms with Crippen molar-refractivity contribution in [2.24, 2.45) is 0 Å². The van der Waals surface area contributed by atoms with E-state index in [2.05, 4.69) is 16.3 Å². The molecule has 1 N–H and O–H groups in total. The molecule has 7 heteroatoms. The van der Waals surface area contributed by atoms with Crippen LogP contribution in [0.1, 0.15) is 21.5 Å². The van der Waals surface area contributed by atoms with Gasteiger partial charge in [0.05, 0.1) is 39.2 Å². The molecule has 2 heterocycles. The van der Waals surface area contributed by atoms with E-state index < -0.39 is 0 Å². The summed E-state index contributed by atoms with van der Waals surface area (Å²) in [5.41, 5.74) is 5.43. The highest BCUT2D eigenvalue weighted by Crippen LogP contribution is 2.31. The maximum Gasteiger partial charge on any atom is 0.238 e. The predicted octanol–water partition coefficient (Wildman–Crippen LogP) is 3.99. The molecule has 0 radical (unpaired) electrons. The van der Waals surface area contributed by atoms with Gasteiger partial charge in [-0.3, -0.25) is 14.5 Å². The predicted molar refractivity (Wildman–Crippen MR) is 138 cm³/mol. The minimum atomic E-state index is -0.118. The van der Waals surface area contributed by atoms with Crippen LogP contribution in [-0.2, 0) is 22.4 Å². The minimum Gasteiger partial charge on any atom is -0.495 e. The zero-order chi connectivity index (χ0) is 24.9. The molecule has 3 aromatic rings. The third-order valence-electron chi connectivity index (χ3n) is 6.60. The van der Waals surface area contributed by atoms with E-state index in [4.69, 9.17) is 14.2 Å². The Labute approximate surface area is 211 Å². The number of methoxy groups -OCH3 is 1. The van der Waals surface area contributed by atoms with Crippen molar-refractivity contribution in [1.82, 2.24) is 4.90 Å². The fourth-order valence-electron chi connectivity index (χ4n) is 4.62. The summed E-state index contributed by atoms with van der Waals surface area (Å²) >= 11 is 0. The van der Waals surface area contributed by atoms with E-state index in [9.17, 15) is 9.59 Å². The van der Waals surface area contributed by atoms with Crippen molar-refractivity contribution in [2.45, 2.75) is 12.8 Å². The van der Waals surface area contributed by atoms with Gasteiger partial charge in [-0.15, -0.1) is 0 Å². The molecule has 0 aliphatic carbocycles. The number of morpholine rings is 1. The Morgan fingerprint density at radius 3 is 2.50 bits per heavy atom. The molecule has 7 nitrogen and oxygen atoms in total. The molecule has 0 saturated carbocycles. The largest absolute Gasteiger partial charge is 0.495 e. The molecule has 0 aromatic heterocycles. The smallest absolute Gasteiger partial charge is 0.238 e. The van der Waals surface area contributed by atoms with Crippen molar-refractivity contribution < 1.29 is 23.8 Å². The van der Waals surface area contributed by atoms with Crippen molar-refractivity contribution in [2.75, 3.05) is 51.9 Å². The number of benzene rings is 3. The lowest BCUT2D eigenvalue weighted by Crippen LogP contribution is -2.41. The average molecular weight is 487 g/mol. The van der Waals surface area contributed by atoms with E-state index in [1.807, 2.05) is 48.5 Å². The normalized spacial score (nSPS) is 15.1. The molecule has 2 aliphatic rings. The monoisotopic (exact) mass is 486 g/mol. The lowest BCUT2D eigenvalue weighted by molar-refractivity contribution is -0.118. The highest BCUT2D eigenvalue weighted by Gasteiger charge is 2.17. The van der Waals surface area contributed by atoms with Gasteiger partial charge < -0.3 is 19.5 Å². The number of nitrogens with one attached hydrogen (secondary N) is 1. The zero-order valence-corrected chi connectivity index (χ0v) is 20.4. The van der Waals surface area contributed by atoms with E-state index in [0.29, 0.717) is 36.8 Å². The van der Waals surface area contributed by atoms with Crippen molar-refractivity contribution >= 4 is 17.4 Å². The number of ether oxygens (including phenoxy) is 3. The zero-order valence-electron chi connectivity index (χ0n) is 20.4. The first kappa shape index (κ1) is 24.0. The molecular formula is C29H30N2O5. The molecule has 1 saturated heterocycles. The van der Waals surface area contributed by atoms with Gasteiger partial charge in [0.2, 0.25) is 5.91 Å². The summed E-state index contributed by atoms with van der Waals surface area (Å²) in [6, 6.07) is 19.4. The summed E-state index contributed by atoms with van der Waals surface area (Å²) < 4.78 is 16.4. The van der Waals surface area contributed by atoms with E-state index in [0.717, 1.165) is 48.6 Å². The Balaban J connectivity index is 1.24. The van der Waals surface area contributed by atoms with Gasteiger partial charge in [-0.1, -0.05) is 36.4 Å². The number of hydrogen-bond donors (Lipinski definition) is 1. The van der Waals surface area contributed by atoms with Crippen LogP contribution in [0.4, 0.5) is 5.69 Å². The summed E-state index contributed by atoms with van der Waals surface area (Å²) in [6.07, 6.45) is 1.16. The van der Waals surface area contributed by atoms with Crippen molar-refractivity contribution in [1.29, 1.82) is 0 Å². The van der Waals surface area contributed by atoms with Gasteiger partial charge in [-0.2, -0.15) is 0 Å². The van der Waals surface area contributed by atoms with Crippen molar-refractivity contribution in [3.63, 3.8) is 0 Å². The number of carbonyl (C=O) groups excluding carboxylic acids is 2. The lowest BCUT2D eigenvalue weighted by Gasteiger charge is -2.26. The van der Waals surface area contributed by atoms with Crippen LogP contribution in [0.2, 0.25) is 0 Å². The number of carbonyl (C=O) groups is 2. The van der Waals surface area contributed by atoms with E-state index in [1.54, 1.807) is 13.2 Å². The third kappa shape index (κ3) is 5.58. The standard InChI is InChI=1S/C29H30N2O5/c1-34-28-8-2-20(16-25(28)30-29(33)19-31-11-14-35-15-12-31)17-26(32)22-5-3-21(4-6-22)23-7-9-27-24(18-23)10-13-36-27/h2-9,16,18H,10-15,17,19H2,1H3,(H,30,33). The van der Waals surface area contributed by atoms with Crippen LogP contribution in [0.25, 0.3) is 11.1 Å². The topological polar surface area (TPSA) is 77.1 Å². The van der Waals surface area contributed by atoms with E-state index in [1.165, 1.54) is 5.56 Å². The van der Waals surface area contributed by atoms with Gasteiger partial charge in [0.15, 0.2) is 5.78 Å². The van der Waals surface area contributed by atoms with Crippen LogP contribution in [0.3, 0.4) is 0 Å². The molecule has 0 spiro atoms. The molecule has 0 atom stereocenters. The summed E-state index contributed by atoms with van der Waals surface area (Å²) in [7, 11) is 1.56. The Kier molecular flexibility index (Phi) is 7.30. The van der Waals surface area contributed by atoms with Crippen LogP contribution in [0, 0.1) is 0 Å². The van der Waals surface area contributed by atoms with Gasteiger partial charge in [0, 0.05) is 31.5 Å². The van der Waals surface area contributed by atoms with Crippen LogP contribution in [0.5, 0.6) is 11.5 Å². The summed E-state index contributed by atoms with van der Waals surface area (Å²) in [5, 5.41) is 2.94. The number of amides is 1. The number of fused-ring (bicyclic) bond motifs is 1. The van der Waals surface area contributed by atoms with Gasteiger partial charge in [0.1, 0.15) is 11.5 Å². The van der Waals surface area contributed by atoms with Crippen molar-refractivity contribution in [3.8, 4) is 22.6 Å². The average Bonchev–Trinajstić information content (AvgIpc) is 3.37. The van der Waals surface area contributed by atoms with Crippen LogP contribution >= 0.6 is 0 Å². The summed E-state index contributed by atoms with van der Waals surface area (Å²) in [6.45, 7) is 3.77. The molecule has 5 rings (SSSR count). The molecule has 3 aromatic carbocycles. The quantitative estimate of drug-likeness (QED) is 0.485. The maximum atomic E-state index is 13.0. The highest BCUT2D eigenvalue weighted by molar-refractivity contribution is 5.98. The second-order valence-electron chi connectivity index (χ2n) is 9.07. The number of rotatable bonds is 8. The highest BCUT2D eigenvalue weighted by atomic mass is 16.5. The van der Waals surface area contributed by atoms with Crippen LogP contribution < -0.4 is 14.8 Å². The second kappa shape index (κ2) is 10.9. The molecule has 1 amide bonds. The first-order valence-electron chi connectivity index (χ1n) is 12.3. The fraction of sp³-hybridized carbons (Fsp3) is 0.310. The van der Waals surface area contributed by atoms with Gasteiger partial charge in [0.25, 0.3) is 0 Å². The number of ketones is 1. The summed E-state index contributed by atoms with van der Waals surface area (Å²) in [5.74, 6) is 1.42. The summed E-state index contributed by atoms with van der Waals surface area (Å²) in [4.78, 5) is 27.7. The van der Waals surface area contributed by atoms with Crippen LogP contribution in [0.15, 0.2) is 60.7 Å². The molecule has 36 heavy (non-hydrogen) atoms. The molecule has 0 bridgehead atoms. The first-order chi connectivity index (χ1) is 17.6. The van der Waals surface area contributed by atoms with Gasteiger partial charge in [-0.25, -0.2) is 0 Å². The molecule has 1 fully saturated rings. The van der Waals surface area contributed by atoms with Crippen LogP contribution in [-0.4, -0.2) is 63.2 Å². The Morgan fingerprint density at radius 2 is 1.72 bits per heavy atom. The Morgan fingerprint density at radius 1 is 0.944 bits per heavy atom. The maximum absolute atomic E-state index is 13.0. The first-order valence-corrected chi connectivity index (χ1v) is 12.3. The molecular weight excluding hydrogens is 456 g/mol. The van der Waals surface area contributed by atoms with Gasteiger partial charge in [-0.05, 0) is 46.5 Å². The number of hydrogen-bond acceptors (Lipinski definition) is 6. The van der Waals surface area contributed by atoms with Gasteiger partial charge >= 0.3 is 0 Å². The molecule has 186 valence electrons. The molecule has 2 aliphatic heterocycles.